The van der Waals surface area contributed by atoms with Crippen molar-refractivity contribution in [1.82, 2.24) is 0 Å². The van der Waals surface area contributed by atoms with Crippen LogP contribution in [-0.2, 0) is 9.47 Å². The molecule has 0 radical (unpaired) electrons. The minimum absolute atomic E-state index is 0.433. The monoisotopic (exact) mass is 174 g/mol. The molecule has 2 nitrogen and oxygen atoms in total. The maximum Gasteiger partial charge on any atom is 0.146 e. The van der Waals surface area contributed by atoms with Crippen molar-refractivity contribution in [3.63, 3.8) is 0 Å². The second-order valence-electron chi connectivity index (χ2n) is 3.19. The van der Waals surface area contributed by atoms with E-state index in [9.17, 15) is 0 Å². The van der Waals surface area contributed by atoms with Crippen molar-refractivity contribution in [2.75, 3.05) is 20.5 Å². The first-order valence-corrected chi connectivity index (χ1v) is 4.91. The lowest BCUT2D eigenvalue weighted by molar-refractivity contribution is -0.0447. The van der Waals surface area contributed by atoms with E-state index in [1.165, 1.54) is 25.7 Å². The summed E-state index contributed by atoms with van der Waals surface area (Å²) in [6, 6.07) is 0. The van der Waals surface area contributed by atoms with Crippen LogP contribution in [0.15, 0.2) is 0 Å². The third-order valence-corrected chi connectivity index (χ3v) is 2.10. The molecule has 0 aliphatic carbocycles. The van der Waals surface area contributed by atoms with Gasteiger partial charge in [-0.1, -0.05) is 33.1 Å². The average Bonchev–Trinajstić information content (AvgIpc) is 2.11. The lowest BCUT2D eigenvalue weighted by atomic mass is 10.0. The minimum Gasteiger partial charge on any atom is -0.359 e. The number of hydrogen-bond donors (Lipinski definition) is 0. The zero-order valence-electron chi connectivity index (χ0n) is 8.64. The molecule has 0 aliphatic rings. The predicted octanol–water partition coefficient (Wildman–Crippen LogP) is 2.82. The maximum atomic E-state index is 5.31. The highest BCUT2D eigenvalue weighted by Gasteiger charge is 2.04. The largest absolute Gasteiger partial charge is 0.359 e. The van der Waals surface area contributed by atoms with Crippen LogP contribution in [0, 0.1) is 5.92 Å². The Morgan fingerprint density at radius 1 is 1.25 bits per heavy atom. The van der Waals surface area contributed by atoms with Crippen LogP contribution in [0.2, 0.25) is 0 Å². The van der Waals surface area contributed by atoms with Gasteiger partial charge in [0.25, 0.3) is 0 Å². The molecule has 0 aliphatic heterocycles. The number of rotatable bonds is 8. The molecule has 0 spiro atoms. The standard InChI is InChI=1S/C10H22O2/c1-4-6-7-10(5-2)8-12-9-11-3/h10H,4-9H2,1-3H3. The van der Waals surface area contributed by atoms with Crippen molar-refractivity contribution in [1.29, 1.82) is 0 Å². The average molecular weight is 174 g/mol. The lowest BCUT2D eigenvalue weighted by Gasteiger charge is -2.13. The van der Waals surface area contributed by atoms with Crippen LogP contribution in [0.5, 0.6) is 0 Å². The van der Waals surface area contributed by atoms with E-state index in [4.69, 9.17) is 9.47 Å². The van der Waals surface area contributed by atoms with Crippen LogP contribution < -0.4 is 0 Å². The Morgan fingerprint density at radius 3 is 2.50 bits per heavy atom. The summed E-state index contributed by atoms with van der Waals surface area (Å²) in [5.74, 6) is 0.722. The van der Waals surface area contributed by atoms with Gasteiger partial charge in [-0.3, -0.25) is 0 Å². The molecule has 0 fully saturated rings. The minimum atomic E-state index is 0.433. The van der Waals surface area contributed by atoms with Crippen molar-refractivity contribution < 1.29 is 9.47 Å². The molecular formula is C10H22O2. The summed E-state index contributed by atoms with van der Waals surface area (Å²) in [6.07, 6.45) is 5.09. The number of hydrogen-bond acceptors (Lipinski definition) is 2. The van der Waals surface area contributed by atoms with Gasteiger partial charge in [0.1, 0.15) is 6.79 Å². The Kier molecular flexibility index (Phi) is 8.95. The van der Waals surface area contributed by atoms with Gasteiger partial charge in [-0.15, -0.1) is 0 Å². The summed E-state index contributed by atoms with van der Waals surface area (Å²) in [4.78, 5) is 0. The van der Waals surface area contributed by atoms with E-state index >= 15 is 0 Å². The first-order valence-electron chi connectivity index (χ1n) is 4.91. The van der Waals surface area contributed by atoms with Gasteiger partial charge >= 0.3 is 0 Å². The molecule has 0 amide bonds. The Hall–Kier alpha value is -0.0800. The van der Waals surface area contributed by atoms with E-state index in [1.54, 1.807) is 7.11 Å². The molecule has 0 heterocycles. The van der Waals surface area contributed by atoms with E-state index in [2.05, 4.69) is 13.8 Å². The molecular weight excluding hydrogens is 152 g/mol. The fraction of sp³-hybridized carbons (Fsp3) is 1.00. The highest BCUT2D eigenvalue weighted by Crippen LogP contribution is 2.12. The number of methoxy groups -OCH3 is 1. The van der Waals surface area contributed by atoms with Crippen molar-refractivity contribution in [2.24, 2.45) is 5.92 Å². The molecule has 74 valence electrons. The van der Waals surface area contributed by atoms with E-state index in [1.807, 2.05) is 0 Å². The lowest BCUT2D eigenvalue weighted by Crippen LogP contribution is -2.10. The van der Waals surface area contributed by atoms with Gasteiger partial charge in [0.15, 0.2) is 0 Å². The van der Waals surface area contributed by atoms with Gasteiger partial charge in [0.05, 0.1) is 6.61 Å². The molecule has 12 heavy (non-hydrogen) atoms. The molecule has 0 bridgehead atoms. The highest BCUT2D eigenvalue weighted by atomic mass is 16.7. The fourth-order valence-electron chi connectivity index (χ4n) is 1.20. The second-order valence-corrected chi connectivity index (χ2v) is 3.19. The summed E-state index contributed by atoms with van der Waals surface area (Å²) < 4.78 is 10.1. The van der Waals surface area contributed by atoms with Gasteiger partial charge in [0.2, 0.25) is 0 Å². The van der Waals surface area contributed by atoms with E-state index < -0.39 is 0 Å². The quantitative estimate of drug-likeness (QED) is 0.416. The normalized spacial score (nSPS) is 13.2. The topological polar surface area (TPSA) is 18.5 Å². The van der Waals surface area contributed by atoms with Crippen molar-refractivity contribution in [2.45, 2.75) is 39.5 Å². The van der Waals surface area contributed by atoms with Crippen LogP contribution in [0.4, 0.5) is 0 Å². The number of ether oxygens (including phenoxy) is 2. The van der Waals surface area contributed by atoms with Gasteiger partial charge in [-0.05, 0) is 12.3 Å². The summed E-state index contributed by atoms with van der Waals surface area (Å²) in [5.41, 5.74) is 0. The molecule has 0 saturated heterocycles. The maximum absolute atomic E-state index is 5.31. The Morgan fingerprint density at radius 2 is 2.00 bits per heavy atom. The fourth-order valence-corrected chi connectivity index (χ4v) is 1.20. The zero-order chi connectivity index (χ0) is 9.23. The van der Waals surface area contributed by atoms with Crippen molar-refractivity contribution in [3.8, 4) is 0 Å². The van der Waals surface area contributed by atoms with Gasteiger partial charge < -0.3 is 9.47 Å². The molecule has 2 heteroatoms. The molecule has 0 N–H and O–H groups in total. The van der Waals surface area contributed by atoms with Crippen molar-refractivity contribution >= 4 is 0 Å². The number of unbranched alkanes of at least 4 members (excludes halogenated alkanes) is 1. The molecule has 1 atom stereocenters. The van der Waals surface area contributed by atoms with Crippen LogP contribution in [0.25, 0.3) is 0 Å². The predicted molar refractivity (Wildman–Crippen MR) is 51.1 cm³/mol. The van der Waals surface area contributed by atoms with E-state index in [0.29, 0.717) is 6.79 Å². The first kappa shape index (κ1) is 11.9. The zero-order valence-corrected chi connectivity index (χ0v) is 8.64. The second kappa shape index (κ2) is 9.01. The van der Waals surface area contributed by atoms with Gasteiger partial charge in [0, 0.05) is 7.11 Å². The highest BCUT2D eigenvalue weighted by molar-refractivity contribution is 4.55. The van der Waals surface area contributed by atoms with E-state index in [0.717, 1.165) is 12.5 Å². The van der Waals surface area contributed by atoms with E-state index in [-0.39, 0.29) is 0 Å². The summed E-state index contributed by atoms with van der Waals surface area (Å²) in [5, 5.41) is 0. The summed E-state index contributed by atoms with van der Waals surface area (Å²) >= 11 is 0. The van der Waals surface area contributed by atoms with Crippen LogP contribution in [0.3, 0.4) is 0 Å². The Bertz CT molecular complexity index is 83.9. The van der Waals surface area contributed by atoms with Crippen LogP contribution >= 0.6 is 0 Å². The molecule has 0 aromatic heterocycles. The molecule has 0 rings (SSSR count). The van der Waals surface area contributed by atoms with Crippen LogP contribution in [-0.4, -0.2) is 20.5 Å². The Labute approximate surface area is 76.3 Å². The van der Waals surface area contributed by atoms with Gasteiger partial charge in [-0.2, -0.15) is 0 Å². The molecule has 1 unspecified atom stereocenters. The first-order chi connectivity index (χ1) is 5.85. The SMILES string of the molecule is CCCCC(CC)COCOC. The third-order valence-electron chi connectivity index (χ3n) is 2.10. The smallest absolute Gasteiger partial charge is 0.146 e. The molecule has 0 aromatic rings. The van der Waals surface area contributed by atoms with Crippen LogP contribution in [0.1, 0.15) is 39.5 Å². The van der Waals surface area contributed by atoms with Crippen molar-refractivity contribution in [3.05, 3.63) is 0 Å². The summed E-state index contributed by atoms with van der Waals surface area (Å²) in [6.45, 7) is 5.73. The molecule has 0 saturated carbocycles. The Balaban J connectivity index is 3.26. The van der Waals surface area contributed by atoms with Gasteiger partial charge in [-0.25, -0.2) is 0 Å². The third kappa shape index (κ3) is 6.62. The molecule has 0 aromatic carbocycles. The summed E-state index contributed by atoms with van der Waals surface area (Å²) in [7, 11) is 1.66.